The van der Waals surface area contributed by atoms with Crippen LogP contribution in [0.2, 0.25) is 5.02 Å². The molecular weight excluding hydrogens is 417 g/mol. The standard InChI is InChI=1S/C24H23ClFN3O2/c1-4-9-31-22-13-20-17(12-21(22)29-23(30)6-3)24(28-14-27-20)16(5-2)10-15-7-8-19(26)18(25)11-15/h5-8,11-14,16H,2-4,9-10H2,1H3,(H,29,30). The number of nitrogens with one attached hydrogen (secondary N) is 1. The number of rotatable bonds is 9. The Morgan fingerprint density at radius 1 is 1.29 bits per heavy atom. The van der Waals surface area contributed by atoms with Crippen molar-refractivity contribution in [1.29, 1.82) is 0 Å². The van der Waals surface area contributed by atoms with E-state index >= 15 is 0 Å². The van der Waals surface area contributed by atoms with Crippen molar-refractivity contribution in [2.45, 2.75) is 25.7 Å². The van der Waals surface area contributed by atoms with Gasteiger partial charge in [-0.25, -0.2) is 14.4 Å². The summed E-state index contributed by atoms with van der Waals surface area (Å²) in [6, 6.07) is 8.21. The summed E-state index contributed by atoms with van der Waals surface area (Å²) in [6.07, 6.45) is 5.81. The van der Waals surface area contributed by atoms with Crippen LogP contribution in [-0.4, -0.2) is 22.5 Å². The number of carbonyl (C=O) groups excluding carboxylic acids is 1. The topological polar surface area (TPSA) is 64.1 Å². The van der Waals surface area contributed by atoms with Crippen molar-refractivity contribution in [1.82, 2.24) is 9.97 Å². The number of aromatic nitrogens is 2. The van der Waals surface area contributed by atoms with Gasteiger partial charge in [-0.1, -0.05) is 37.2 Å². The van der Waals surface area contributed by atoms with Crippen LogP contribution in [0.25, 0.3) is 10.9 Å². The molecule has 1 unspecified atom stereocenters. The number of halogens is 2. The lowest BCUT2D eigenvalue weighted by molar-refractivity contribution is -0.111. The molecule has 3 aromatic rings. The summed E-state index contributed by atoms with van der Waals surface area (Å²) in [5, 5.41) is 3.61. The fourth-order valence-electron chi connectivity index (χ4n) is 3.22. The van der Waals surface area contributed by atoms with Gasteiger partial charge in [0.05, 0.1) is 28.5 Å². The predicted octanol–water partition coefficient (Wildman–Crippen LogP) is 5.85. The predicted molar refractivity (Wildman–Crippen MR) is 122 cm³/mol. The van der Waals surface area contributed by atoms with E-state index in [1.807, 2.05) is 6.92 Å². The second kappa shape index (κ2) is 10.2. The Balaban J connectivity index is 2.06. The van der Waals surface area contributed by atoms with E-state index in [4.69, 9.17) is 16.3 Å². The normalized spacial score (nSPS) is 11.7. The maximum atomic E-state index is 13.5. The molecule has 0 radical (unpaired) electrons. The molecule has 2 aromatic carbocycles. The van der Waals surface area contributed by atoms with Crippen molar-refractivity contribution in [2.75, 3.05) is 11.9 Å². The molecule has 7 heteroatoms. The Hall–Kier alpha value is -3.25. The molecule has 0 spiro atoms. The zero-order valence-corrected chi connectivity index (χ0v) is 18.0. The number of amides is 1. The number of hydrogen-bond acceptors (Lipinski definition) is 4. The smallest absolute Gasteiger partial charge is 0.247 e. The van der Waals surface area contributed by atoms with Crippen LogP contribution in [0.3, 0.4) is 0 Å². The van der Waals surface area contributed by atoms with Gasteiger partial charge in [-0.3, -0.25) is 4.79 Å². The van der Waals surface area contributed by atoms with Gasteiger partial charge in [0.1, 0.15) is 17.9 Å². The van der Waals surface area contributed by atoms with E-state index < -0.39 is 5.82 Å². The van der Waals surface area contributed by atoms with E-state index in [9.17, 15) is 9.18 Å². The van der Waals surface area contributed by atoms with Gasteiger partial charge in [-0.05, 0) is 42.7 Å². The van der Waals surface area contributed by atoms with Gasteiger partial charge in [-0.15, -0.1) is 6.58 Å². The van der Waals surface area contributed by atoms with Crippen molar-refractivity contribution in [3.05, 3.63) is 84.1 Å². The lowest BCUT2D eigenvalue weighted by Crippen LogP contribution is -2.10. The molecule has 31 heavy (non-hydrogen) atoms. The minimum Gasteiger partial charge on any atom is -0.491 e. The summed E-state index contributed by atoms with van der Waals surface area (Å²) < 4.78 is 19.3. The van der Waals surface area contributed by atoms with E-state index in [2.05, 4.69) is 28.4 Å². The molecular formula is C24H23ClFN3O2. The third-order valence-electron chi connectivity index (χ3n) is 4.75. The lowest BCUT2D eigenvalue weighted by atomic mass is 9.93. The van der Waals surface area contributed by atoms with Gasteiger partial charge in [0, 0.05) is 17.4 Å². The number of nitrogens with zero attached hydrogens (tertiary/aromatic N) is 2. The van der Waals surface area contributed by atoms with Crippen LogP contribution in [0.4, 0.5) is 10.1 Å². The van der Waals surface area contributed by atoms with E-state index in [0.717, 1.165) is 23.1 Å². The minimum atomic E-state index is -0.463. The highest BCUT2D eigenvalue weighted by molar-refractivity contribution is 6.30. The lowest BCUT2D eigenvalue weighted by Gasteiger charge is -2.17. The largest absolute Gasteiger partial charge is 0.491 e. The first-order chi connectivity index (χ1) is 15.0. The zero-order valence-electron chi connectivity index (χ0n) is 17.2. The third kappa shape index (κ3) is 5.27. The molecule has 1 atom stereocenters. The van der Waals surface area contributed by atoms with Gasteiger partial charge >= 0.3 is 0 Å². The Kier molecular flexibility index (Phi) is 7.36. The Morgan fingerprint density at radius 2 is 2.10 bits per heavy atom. The molecule has 0 bridgehead atoms. The molecule has 0 saturated heterocycles. The van der Waals surface area contributed by atoms with Crippen LogP contribution < -0.4 is 10.1 Å². The van der Waals surface area contributed by atoms with Crippen LogP contribution >= 0.6 is 11.6 Å². The molecule has 0 saturated carbocycles. The Morgan fingerprint density at radius 3 is 2.77 bits per heavy atom. The molecule has 160 valence electrons. The fraction of sp³-hybridized carbons (Fsp3) is 0.208. The van der Waals surface area contributed by atoms with Crippen molar-refractivity contribution >= 4 is 34.1 Å². The number of hydrogen-bond donors (Lipinski definition) is 1. The number of carbonyl (C=O) groups is 1. The first-order valence-electron chi connectivity index (χ1n) is 9.88. The zero-order chi connectivity index (χ0) is 22.4. The number of allylic oxidation sites excluding steroid dienone is 1. The highest BCUT2D eigenvalue weighted by Gasteiger charge is 2.18. The highest BCUT2D eigenvalue weighted by Crippen LogP contribution is 2.34. The summed E-state index contributed by atoms with van der Waals surface area (Å²) in [6.45, 7) is 9.95. The quantitative estimate of drug-likeness (QED) is 0.335. The molecule has 3 rings (SSSR count). The fourth-order valence-corrected chi connectivity index (χ4v) is 3.43. The summed E-state index contributed by atoms with van der Waals surface area (Å²) in [5.74, 6) is -0.470. The van der Waals surface area contributed by atoms with Gasteiger partial charge in [0.15, 0.2) is 0 Å². The number of ether oxygens (including phenoxy) is 1. The molecule has 1 aromatic heterocycles. The molecule has 1 heterocycles. The Labute approximate surface area is 185 Å². The average molecular weight is 440 g/mol. The third-order valence-corrected chi connectivity index (χ3v) is 5.04. The maximum absolute atomic E-state index is 13.5. The highest BCUT2D eigenvalue weighted by atomic mass is 35.5. The van der Waals surface area contributed by atoms with Gasteiger partial charge in [0.25, 0.3) is 0 Å². The average Bonchev–Trinajstić information content (AvgIpc) is 2.78. The monoisotopic (exact) mass is 439 g/mol. The van der Waals surface area contributed by atoms with Crippen LogP contribution in [0, 0.1) is 5.82 Å². The van der Waals surface area contributed by atoms with E-state index in [0.29, 0.717) is 30.0 Å². The van der Waals surface area contributed by atoms with Crippen molar-refractivity contribution in [3.63, 3.8) is 0 Å². The summed E-state index contributed by atoms with van der Waals surface area (Å²) >= 11 is 5.93. The van der Waals surface area contributed by atoms with Gasteiger partial charge in [-0.2, -0.15) is 0 Å². The van der Waals surface area contributed by atoms with Crippen molar-refractivity contribution in [2.24, 2.45) is 0 Å². The van der Waals surface area contributed by atoms with Crippen LogP contribution in [0.5, 0.6) is 5.75 Å². The molecule has 0 aliphatic carbocycles. The van der Waals surface area contributed by atoms with Crippen LogP contribution in [0.1, 0.15) is 30.5 Å². The van der Waals surface area contributed by atoms with Crippen molar-refractivity contribution < 1.29 is 13.9 Å². The number of anilines is 1. The second-order valence-electron chi connectivity index (χ2n) is 6.96. The molecule has 1 amide bonds. The van der Waals surface area contributed by atoms with Crippen LogP contribution in [-0.2, 0) is 11.2 Å². The SMILES string of the molecule is C=CC(=O)Nc1cc2c(C(C=C)Cc3ccc(F)c(Cl)c3)ncnc2cc1OCCC. The molecule has 1 N–H and O–H groups in total. The van der Waals surface area contributed by atoms with Gasteiger partial charge < -0.3 is 10.1 Å². The van der Waals surface area contributed by atoms with E-state index in [-0.39, 0.29) is 16.8 Å². The van der Waals surface area contributed by atoms with Gasteiger partial charge in [0.2, 0.25) is 5.91 Å². The number of fused-ring (bicyclic) bond motifs is 1. The molecule has 5 nitrogen and oxygen atoms in total. The summed E-state index contributed by atoms with van der Waals surface area (Å²) in [7, 11) is 0. The maximum Gasteiger partial charge on any atom is 0.247 e. The molecule has 0 aliphatic rings. The molecule has 0 fully saturated rings. The summed E-state index contributed by atoms with van der Waals surface area (Å²) in [5.41, 5.74) is 2.77. The first-order valence-corrected chi connectivity index (χ1v) is 10.3. The van der Waals surface area contributed by atoms with Crippen LogP contribution in [0.15, 0.2) is 62.0 Å². The first kappa shape index (κ1) is 22.4. The van der Waals surface area contributed by atoms with E-state index in [1.54, 1.807) is 30.3 Å². The minimum absolute atomic E-state index is 0.0694. The van der Waals surface area contributed by atoms with Crippen molar-refractivity contribution in [3.8, 4) is 5.75 Å². The summed E-state index contributed by atoms with van der Waals surface area (Å²) in [4.78, 5) is 20.8. The Bertz CT molecular complexity index is 1130. The number of benzene rings is 2. The van der Waals surface area contributed by atoms with E-state index in [1.165, 1.54) is 18.5 Å². The second-order valence-corrected chi connectivity index (χ2v) is 7.37. The molecule has 0 aliphatic heterocycles.